The Labute approximate surface area is 159 Å². The van der Waals surface area contributed by atoms with Crippen molar-refractivity contribution in [1.82, 2.24) is 19.4 Å². The van der Waals surface area contributed by atoms with Gasteiger partial charge in [0.1, 0.15) is 11.5 Å². The molecule has 0 spiro atoms. The molecule has 1 aliphatic heterocycles. The summed E-state index contributed by atoms with van der Waals surface area (Å²) in [4.78, 5) is 21.1. The van der Waals surface area contributed by atoms with Crippen molar-refractivity contribution in [2.24, 2.45) is 0 Å². The Hall–Kier alpha value is -2.58. The number of anilines is 1. The minimum Gasteiger partial charge on any atom is -0.497 e. The Kier molecular flexibility index (Phi) is 6.67. The highest BCUT2D eigenvalue weighted by molar-refractivity contribution is 5.94. The summed E-state index contributed by atoms with van der Waals surface area (Å²) in [6, 6.07) is 5.36. The first-order chi connectivity index (χ1) is 13.2. The first kappa shape index (κ1) is 19.2. The summed E-state index contributed by atoms with van der Waals surface area (Å²) in [5.41, 5.74) is 0.626. The summed E-state index contributed by atoms with van der Waals surface area (Å²) in [6.45, 7) is 6.00. The molecule has 0 saturated carbocycles. The second kappa shape index (κ2) is 9.38. The third-order valence-electron chi connectivity index (χ3n) is 4.75. The minimum absolute atomic E-state index is 0.0478. The summed E-state index contributed by atoms with van der Waals surface area (Å²) in [5.74, 6) is 1.25. The van der Waals surface area contributed by atoms with E-state index < -0.39 is 0 Å². The molecule has 146 valence electrons. The molecule has 27 heavy (non-hydrogen) atoms. The molecule has 1 saturated heterocycles. The van der Waals surface area contributed by atoms with Gasteiger partial charge in [-0.2, -0.15) is 0 Å². The second-order valence-electron chi connectivity index (χ2n) is 6.53. The SMILES string of the molecule is COc1ccc(OC)c(NC(=O)CN2CCN(CCn3ccnc3)CC2)c1. The molecule has 0 bridgehead atoms. The van der Waals surface area contributed by atoms with Crippen LogP contribution in [0.5, 0.6) is 11.5 Å². The van der Waals surface area contributed by atoms with Gasteiger partial charge in [0.25, 0.3) is 0 Å². The van der Waals surface area contributed by atoms with Gasteiger partial charge in [0.2, 0.25) is 5.91 Å². The third kappa shape index (κ3) is 5.45. The number of nitrogens with zero attached hydrogens (tertiary/aromatic N) is 4. The number of imidazole rings is 1. The maximum absolute atomic E-state index is 12.4. The maximum atomic E-state index is 12.4. The highest BCUT2D eigenvalue weighted by Crippen LogP contribution is 2.28. The van der Waals surface area contributed by atoms with Crippen LogP contribution in [0.3, 0.4) is 0 Å². The maximum Gasteiger partial charge on any atom is 0.238 e. The fraction of sp³-hybridized carbons (Fsp3) is 0.474. The second-order valence-corrected chi connectivity index (χ2v) is 6.53. The number of rotatable bonds is 8. The van der Waals surface area contributed by atoms with E-state index in [0.717, 1.165) is 39.3 Å². The number of aromatic nitrogens is 2. The Morgan fingerprint density at radius 3 is 2.56 bits per heavy atom. The number of hydrogen-bond acceptors (Lipinski definition) is 6. The number of nitrogens with one attached hydrogen (secondary N) is 1. The Morgan fingerprint density at radius 2 is 1.89 bits per heavy atom. The van der Waals surface area contributed by atoms with Gasteiger partial charge >= 0.3 is 0 Å². The molecule has 0 radical (unpaired) electrons. The van der Waals surface area contributed by atoms with Crippen LogP contribution in [-0.4, -0.2) is 78.7 Å². The predicted octanol–water partition coefficient (Wildman–Crippen LogP) is 1.16. The molecule has 1 aromatic carbocycles. The van der Waals surface area contributed by atoms with Gasteiger partial charge < -0.3 is 19.4 Å². The van der Waals surface area contributed by atoms with Crippen LogP contribution in [0.1, 0.15) is 0 Å². The van der Waals surface area contributed by atoms with E-state index in [1.54, 1.807) is 38.6 Å². The molecule has 1 aliphatic rings. The van der Waals surface area contributed by atoms with Gasteiger partial charge in [-0.25, -0.2) is 4.98 Å². The Balaban J connectivity index is 1.44. The number of hydrogen-bond donors (Lipinski definition) is 1. The fourth-order valence-corrected chi connectivity index (χ4v) is 3.15. The minimum atomic E-state index is -0.0478. The van der Waals surface area contributed by atoms with Gasteiger partial charge in [0.15, 0.2) is 0 Å². The lowest BCUT2D eigenvalue weighted by Crippen LogP contribution is -2.49. The van der Waals surface area contributed by atoms with Crippen LogP contribution in [0.2, 0.25) is 0 Å². The lowest BCUT2D eigenvalue weighted by molar-refractivity contribution is -0.117. The summed E-state index contributed by atoms with van der Waals surface area (Å²) in [6.07, 6.45) is 5.62. The van der Waals surface area contributed by atoms with Crippen molar-refractivity contribution in [3.8, 4) is 11.5 Å². The van der Waals surface area contributed by atoms with Crippen molar-refractivity contribution in [3.05, 3.63) is 36.9 Å². The highest BCUT2D eigenvalue weighted by Gasteiger charge is 2.19. The van der Waals surface area contributed by atoms with Crippen molar-refractivity contribution < 1.29 is 14.3 Å². The highest BCUT2D eigenvalue weighted by atomic mass is 16.5. The van der Waals surface area contributed by atoms with Gasteiger partial charge in [-0.3, -0.25) is 14.6 Å². The van der Waals surface area contributed by atoms with Crippen LogP contribution in [0, 0.1) is 0 Å². The van der Waals surface area contributed by atoms with Crippen LogP contribution in [0.25, 0.3) is 0 Å². The molecule has 0 aliphatic carbocycles. The average Bonchev–Trinajstić information content (AvgIpc) is 3.21. The molecule has 1 amide bonds. The first-order valence-corrected chi connectivity index (χ1v) is 9.10. The van der Waals surface area contributed by atoms with Crippen LogP contribution < -0.4 is 14.8 Å². The van der Waals surface area contributed by atoms with Gasteiger partial charge in [-0.15, -0.1) is 0 Å². The summed E-state index contributed by atoms with van der Waals surface area (Å²) in [7, 11) is 3.18. The van der Waals surface area contributed by atoms with E-state index in [9.17, 15) is 4.79 Å². The van der Waals surface area contributed by atoms with Crippen molar-refractivity contribution in [3.63, 3.8) is 0 Å². The average molecular weight is 373 g/mol. The van der Waals surface area contributed by atoms with E-state index in [4.69, 9.17) is 9.47 Å². The van der Waals surface area contributed by atoms with Crippen LogP contribution in [0.15, 0.2) is 36.9 Å². The molecule has 8 nitrogen and oxygen atoms in total. The number of benzene rings is 1. The first-order valence-electron chi connectivity index (χ1n) is 9.10. The van der Waals surface area contributed by atoms with Gasteiger partial charge in [0.05, 0.1) is 32.8 Å². The third-order valence-corrected chi connectivity index (χ3v) is 4.75. The predicted molar refractivity (Wildman–Crippen MR) is 103 cm³/mol. The summed E-state index contributed by atoms with van der Waals surface area (Å²) in [5, 5.41) is 2.93. The Morgan fingerprint density at radius 1 is 1.11 bits per heavy atom. The van der Waals surface area contributed by atoms with Crippen LogP contribution >= 0.6 is 0 Å². The smallest absolute Gasteiger partial charge is 0.238 e. The monoisotopic (exact) mass is 373 g/mol. The number of piperazine rings is 1. The number of amides is 1. The molecule has 1 fully saturated rings. The summed E-state index contributed by atoms with van der Waals surface area (Å²) < 4.78 is 12.6. The zero-order chi connectivity index (χ0) is 19.1. The summed E-state index contributed by atoms with van der Waals surface area (Å²) >= 11 is 0. The molecule has 0 unspecified atom stereocenters. The molecule has 2 heterocycles. The largest absolute Gasteiger partial charge is 0.497 e. The van der Waals surface area contributed by atoms with E-state index in [0.29, 0.717) is 23.7 Å². The zero-order valence-corrected chi connectivity index (χ0v) is 15.9. The quantitative estimate of drug-likeness (QED) is 0.749. The lowest BCUT2D eigenvalue weighted by Gasteiger charge is -2.34. The molecule has 8 heteroatoms. The van der Waals surface area contributed by atoms with Gasteiger partial charge in [-0.05, 0) is 12.1 Å². The van der Waals surface area contributed by atoms with Crippen molar-refractivity contribution in [2.45, 2.75) is 6.54 Å². The molecular formula is C19H27N5O3. The molecule has 2 aromatic rings. The zero-order valence-electron chi connectivity index (χ0n) is 15.9. The fourth-order valence-electron chi connectivity index (χ4n) is 3.15. The lowest BCUT2D eigenvalue weighted by atomic mass is 10.2. The molecule has 0 atom stereocenters. The number of ether oxygens (including phenoxy) is 2. The van der Waals surface area contributed by atoms with Gasteiger partial charge in [0, 0.05) is 57.7 Å². The normalized spacial score (nSPS) is 15.5. The molecule has 3 rings (SSSR count). The number of carbonyl (C=O) groups is 1. The molecule has 1 N–H and O–H groups in total. The van der Waals surface area contributed by atoms with Gasteiger partial charge in [-0.1, -0.05) is 0 Å². The Bertz CT molecular complexity index is 727. The standard InChI is InChI=1S/C19H27N5O3/c1-26-16-3-4-18(27-2)17(13-16)21-19(25)14-23-10-7-22(8-11-23)9-12-24-6-5-20-15-24/h3-6,13,15H,7-12,14H2,1-2H3,(H,21,25). The van der Waals surface area contributed by atoms with Crippen LogP contribution in [0.4, 0.5) is 5.69 Å². The van der Waals surface area contributed by atoms with E-state index in [1.165, 1.54) is 0 Å². The van der Waals surface area contributed by atoms with Crippen LogP contribution in [-0.2, 0) is 11.3 Å². The van der Waals surface area contributed by atoms with E-state index >= 15 is 0 Å². The van der Waals surface area contributed by atoms with E-state index in [2.05, 4.69) is 24.7 Å². The van der Waals surface area contributed by atoms with E-state index in [-0.39, 0.29) is 5.91 Å². The van der Waals surface area contributed by atoms with Crippen molar-refractivity contribution in [2.75, 3.05) is 58.8 Å². The molecule has 1 aromatic heterocycles. The van der Waals surface area contributed by atoms with Crippen molar-refractivity contribution >= 4 is 11.6 Å². The topological polar surface area (TPSA) is 71.9 Å². The number of carbonyl (C=O) groups excluding carboxylic acids is 1. The number of methoxy groups -OCH3 is 2. The van der Waals surface area contributed by atoms with E-state index in [1.807, 2.05) is 12.5 Å². The van der Waals surface area contributed by atoms with Crippen molar-refractivity contribution in [1.29, 1.82) is 0 Å². The molecular weight excluding hydrogens is 346 g/mol.